The molecule has 0 bridgehead atoms. The lowest BCUT2D eigenvalue weighted by molar-refractivity contribution is 0.0733. The monoisotopic (exact) mass is 440 g/mol. The molecule has 2 rings (SSSR count). The molecule has 122 valence electrons. The third kappa shape index (κ3) is 4.58. The summed E-state index contributed by atoms with van der Waals surface area (Å²) in [5.74, 6) is 1.21. The van der Waals surface area contributed by atoms with Crippen LogP contribution in [0, 0.1) is 0 Å². The van der Waals surface area contributed by atoms with Gasteiger partial charge >= 0.3 is 5.97 Å². The van der Waals surface area contributed by atoms with Crippen molar-refractivity contribution >= 4 is 37.8 Å². The highest BCUT2D eigenvalue weighted by molar-refractivity contribution is 9.10. The molecule has 0 saturated carbocycles. The minimum absolute atomic E-state index is 0.410. The Bertz CT molecular complexity index is 711. The zero-order valence-corrected chi connectivity index (χ0v) is 16.4. The zero-order valence-electron chi connectivity index (χ0n) is 13.2. The van der Waals surface area contributed by atoms with Gasteiger partial charge in [0, 0.05) is 0 Å². The standard InChI is InChI=1S/C18H18Br2O3/c1-4-22-16-7-6-13(10-14(16)19)18(21)23-17-8-5-12(11(2)3)9-15(17)20/h5-11H,4H2,1-3H3. The first kappa shape index (κ1) is 18.0. The molecular weight excluding hydrogens is 424 g/mol. The van der Waals surface area contributed by atoms with E-state index in [1.54, 1.807) is 24.3 Å². The number of hydrogen-bond acceptors (Lipinski definition) is 3. The number of benzene rings is 2. The van der Waals surface area contributed by atoms with Crippen molar-refractivity contribution < 1.29 is 14.3 Å². The molecule has 0 aliphatic rings. The van der Waals surface area contributed by atoms with E-state index in [4.69, 9.17) is 9.47 Å². The molecule has 0 aliphatic heterocycles. The number of halogens is 2. The van der Waals surface area contributed by atoms with E-state index >= 15 is 0 Å². The van der Waals surface area contributed by atoms with Gasteiger partial charge in [0.05, 0.1) is 21.1 Å². The van der Waals surface area contributed by atoms with E-state index in [1.807, 2.05) is 19.1 Å². The van der Waals surface area contributed by atoms with E-state index in [9.17, 15) is 4.79 Å². The highest BCUT2D eigenvalue weighted by Crippen LogP contribution is 2.30. The highest BCUT2D eigenvalue weighted by atomic mass is 79.9. The van der Waals surface area contributed by atoms with Gasteiger partial charge in [-0.15, -0.1) is 0 Å². The van der Waals surface area contributed by atoms with Crippen molar-refractivity contribution in [2.24, 2.45) is 0 Å². The normalized spacial score (nSPS) is 10.7. The van der Waals surface area contributed by atoms with Gasteiger partial charge in [-0.05, 0) is 80.6 Å². The molecule has 0 heterocycles. The van der Waals surface area contributed by atoms with Gasteiger partial charge in [-0.2, -0.15) is 0 Å². The van der Waals surface area contributed by atoms with Gasteiger partial charge in [0.15, 0.2) is 0 Å². The fourth-order valence-electron chi connectivity index (χ4n) is 2.02. The molecule has 0 amide bonds. The molecule has 0 aliphatic carbocycles. The fraction of sp³-hybridized carbons (Fsp3) is 0.278. The van der Waals surface area contributed by atoms with Gasteiger partial charge in [0.1, 0.15) is 11.5 Å². The van der Waals surface area contributed by atoms with Crippen molar-refractivity contribution in [3.8, 4) is 11.5 Å². The molecule has 2 aromatic rings. The topological polar surface area (TPSA) is 35.5 Å². The lowest BCUT2D eigenvalue weighted by Crippen LogP contribution is -2.09. The average Bonchev–Trinajstić information content (AvgIpc) is 2.51. The first-order valence-corrected chi connectivity index (χ1v) is 8.95. The molecule has 0 unspecified atom stereocenters. The van der Waals surface area contributed by atoms with Gasteiger partial charge in [0.2, 0.25) is 0 Å². The molecule has 3 nitrogen and oxygen atoms in total. The van der Waals surface area contributed by atoms with Crippen molar-refractivity contribution in [3.05, 3.63) is 56.5 Å². The molecule has 2 aromatic carbocycles. The number of esters is 1. The molecule has 0 radical (unpaired) electrons. The Kier molecular flexibility index (Phi) is 6.25. The van der Waals surface area contributed by atoms with E-state index in [0.717, 1.165) is 8.95 Å². The smallest absolute Gasteiger partial charge is 0.343 e. The minimum atomic E-state index is -0.410. The van der Waals surface area contributed by atoms with Crippen molar-refractivity contribution in [1.29, 1.82) is 0 Å². The summed E-state index contributed by atoms with van der Waals surface area (Å²) in [6.07, 6.45) is 0. The Hall–Kier alpha value is -1.33. The summed E-state index contributed by atoms with van der Waals surface area (Å²) in [4.78, 5) is 12.3. The van der Waals surface area contributed by atoms with Crippen LogP contribution in [0.2, 0.25) is 0 Å². The van der Waals surface area contributed by atoms with Gasteiger partial charge in [-0.1, -0.05) is 19.9 Å². The van der Waals surface area contributed by atoms with Crippen LogP contribution in [0.3, 0.4) is 0 Å². The third-order valence-corrected chi connectivity index (χ3v) is 4.53. The summed E-state index contributed by atoms with van der Waals surface area (Å²) in [5, 5.41) is 0. The number of carbonyl (C=O) groups excluding carboxylic acids is 1. The zero-order chi connectivity index (χ0) is 17.0. The van der Waals surface area contributed by atoms with Crippen LogP contribution in [0.4, 0.5) is 0 Å². The van der Waals surface area contributed by atoms with E-state index in [1.165, 1.54) is 5.56 Å². The molecule has 0 fully saturated rings. The summed E-state index contributed by atoms with van der Waals surface area (Å²) in [6.45, 7) is 6.71. The van der Waals surface area contributed by atoms with Crippen molar-refractivity contribution in [2.75, 3.05) is 6.61 Å². The largest absolute Gasteiger partial charge is 0.493 e. The maximum Gasteiger partial charge on any atom is 0.343 e. The lowest BCUT2D eigenvalue weighted by Gasteiger charge is -2.11. The highest BCUT2D eigenvalue weighted by Gasteiger charge is 2.14. The van der Waals surface area contributed by atoms with Crippen LogP contribution in [0.15, 0.2) is 45.3 Å². The maximum absolute atomic E-state index is 12.3. The summed E-state index contributed by atoms with van der Waals surface area (Å²) in [7, 11) is 0. The first-order valence-electron chi connectivity index (χ1n) is 7.36. The number of ether oxygens (including phenoxy) is 2. The summed E-state index contributed by atoms with van der Waals surface area (Å²) in [5.41, 5.74) is 1.64. The van der Waals surface area contributed by atoms with Crippen LogP contribution in [-0.4, -0.2) is 12.6 Å². The summed E-state index contributed by atoms with van der Waals surface area (Å²) < 4.78 is 12.4. The van der Waals surface area contributed by atoms with Crippen molar-refractivity contribution in [3.63, 3.8) is 0 Å². The quantitative estimate of drug-likeness (QED) is 0.424. The van der Waals surface area contributed by atoms with Gasteiger partial charge in [0.25, 0.3) is 0 Å². The van der Waals surface area contributed by atoms with E-state index in [-0.39, 0.29) is 0 Å². The van der Waals surface area contributed by atoms with Crippen LogP contribution in [0.25, 0.3) is 0 Å². The molecule has 0 saturated heterocycles. The Labute approximate surface area is 153 Å². The Morgan fingerprint density at radius 2 is 1.70 bits per heavy atom. The molecule has 0 aromatic heterocycles. The summed E-state index contributed by atoms with van der Waals surface area (Å²) in [6, 6.07) is 10.9. The Balaban J connectivity index is 2.17. The maximum atomic E-state index is 12.3. The van der Waals surface area contributed by atoms with E-state index in [0.29, 0.717) is 29.6 Å². The van der Waals surface area contributed by atoms with Crippen LogP contribution in [-0.2, 0) is 0 Å². The second kappa shape index (κ2) is 7.97. The third-order valence-electron chi connectivity index (χ3n) is 3.29. The predicted octanol–water partition coefficient (Wildman–Crippen LogP) is 5.95. The van der Waals surface area contributed by atoms with Crippen molar-refractivity contribution in [2.45, 2.75) is 26.7 Å². The Morgan fingerprint density at radius 3 is 2.26 bits per heavy atom. The average molecular weight is 442 g/mol. The molecule has 0 N–H and O–H groups in total. The van der Waals surface area contributed by atoms with Crippen LogP contribution >= 0.6 is 31.9 Å². The van der Waals surface area contributed by atoms with Crippen LogP contribution < -0.4 is 9.47 Å². The first-order chi connectivity index (χ1) is 10.9. The molecule has 0 atom stereocenters. The predicted molar refractivity (Wildman–Crippen MR) is 98.5 cm³/mol. The molecule has 5 heteroatoms. The lowest BCUT2D eigenvalue weighted by atomic mass is 10.0. The number of rotatable bonds is 5. The van der Waals surface area contributed by atoms with Gasteiger partial charge in [-0.25, -0.2) is 4.79 Å². The minimum Gasteiger partial charge on any atom is -0.493 e. The number of carbonyl (C=O) groups is 1. The SMILES string of the molecule is CCOc1ccc(C(=O)Oc2ccc(C(C)C)cc2Br)cc1Br. The molecule has 0 spiro atoms. The van der Waals surface area contributed by atoms with Crippen LogP contribution in [0.5, 0.6) is 11.5 Å². The van der Waals surface area contributed by atoms with E-state index < -0.39 is 5.97 Å². The second-order valence-electron chi connectivity index (χ2n) is 5.31. The van der Waals surface area contributed by atoms with Gasteiger partial charge < -0.3 is 9.47 Å². The Morgan fingerprint density at radius 1 is 1.04 bits per heavy atom. The van der Waals surface area contributed by atoms with Crippen molar-refractivity contribution in [1.82, 2.24) is 0 Å². The molecule has 23 heavy (non-hydrogen) atoms. The van der Waals surface area contributed by atoms with Gasteiger partial charge in [-0.3, -0.25) is 0 Å². The number of hydrogen-bond donors (Lipinski definition) is 0. The van der Waals surface area contributed by atoms with E-state index in [2.05, 4.69) is 45.7 Å². The van der Waals surface area contributed by atoms with Crippen LogP contribution in [0.1, 0.15) is 42.6 Å². The molecular formula is C18H18Br2O3. The fourth-order valence-corrected chi connectivity index (χ4v) is 2.99. The summed E-state index contributed by atoms with van der Waals surface area (Å²) >= 11 is 6.86. The second-order valence-corrected chi connectivity index (χ2v) is 7.02.